The number of amides is 3. The van der Waals surface area contributed by atoms with Crippen molar-refractivity contribution in [1.29, 1.82) is 0 Å². The summed E-state index contributed by atoms with van der Waals surface area (Å²) < 4.78 is 5.28. The molecule has 0 unspecified atom stereocenters. The molecule has 1 aromatic rings. The molecule has 0 radical (unpaired) electrons. The number of nitro groups is 1. The minimum absolute atomic E-state index is 0.113. The zero-order chi connectivity index (χ0) is 20.9. The van der Waals surface area contributed by atoms with E-state index in [0.717, 1.165) is 4.90 Å². The minimum atomic E-state index is -0.966. The number of nitrogens with one attached hydrogen (secondary N) is 1. The predicted molar refractivity (Wildman–Crippen MR) is 100 cm³/mol. The summed E-state index contributed by atoms with van der Waals surface area (Å²) in [6.07, 6.45) is 1.67. The average molecular weight is 391 g/mol. The van der Waals surface area contributed by atoms with Gasteiger partial charge in [-0.25, -0.2) is 4.79 Å². The Bertz CT molecular complexity index is 773. The van der Waals surface area contributed by atoms with Crippen molar-refractivity contribution in [3.05, 3.63) is 39.9 Å². The Morgan fingerprint density at radius 2 is 1.93 bits per heavy atom. The highest BCUT2D eigenvalue weighted by Gasteiger charge is 2.50. The zero-order valence-electron chi connectivity index (χ0n) is 16.3. The van der Waals surface area contributed by atoms with Gasteiger partial charge in [-0.15, -0.1) is 0 Å². The molecule has 0 aromatic heterocycles. The lowest BCUT2D eigenvalue weighted by Gasteiger charge is -2.25. The number of carbonyl (C=O) groups excluding carboxylic acids is 3. The van der Waals surface area contributed by atoms with E-state index in [1.165, 1.54) is 18.2 Å². The first-order valence-electron chi connectivity index (χ1n) is 9.32. The number of carbonyl (C=O) groups is 3. The van der Waals surface area contributed by atoms with Crippen molar-refractivity contribution in [2.75, 3.05) is 6.54 Å². The van der Waals surface area contributed by atoms with Crippen molar-refractivity contribution in [1.82, 2.24) is 10.2 Å². The number of hydrogen-bond acceptors (Lipinski definition) is 6. The van der Waals surface area contributed by atoms with Gasteiger partial charge >= 0.3 is 12.0 Å². The Balaban J connectivity index is 2.06. The van der Waals surface area contributed by atoms with Crippen LogP contribution in [0.25, 0.3) is 0 Å². The molecule has 9 nitrogen and oxygen atoms in total. The fourth-order valence-electron chi connectivity index (χ4n) is 3.46. The molecule has 1 saturated heterocycles. The molecular weight excluding hydrogens is 366 g/mol. The molecule has 2 rings (SSSR count). The Hall–Kier alpha value is -2.97. The van der Waals surface area contributed by atoms with Crippen molar-refractivity contribution in [2.24, 2.45) is 0 Å². The molecule has 9 heteroatoms. The zero-order valence-corrected chi connectivity index (χ0v) is 16.3. The third kappa shape index (κ3) is 4.47. The van der Waals surface area contributed by atoms with Crippen LogP contribution in [0, 0.1) is 10.1 Å². The number of benzene rings is 1. The molecule has 1 aromatic carbocycles. The highest BCUT2D eigenvalue weighted by Crippen LogP contribution is 2.28. The number of nitrogens with zero attached hydrogens (tertiary/aromatic N) is 2. The van der Waals surface area contributed by atoms with E-state index >= 15 is 0 Å². The van der Waals surface area contributed by atoms with E-state index in [0.29, 0.717) is 31.2 Å². The van der Waals surface area contributed by atoms with Crippen LogP contribution in [0.3, 0.4) is 0 Å². The summed E-state index contributed by atoms with van der Waals surface area (Å²) in [7, 11) is 0. The Morgan fingerprint density at radius 3 is 2.50 bits per heavy atom. The van der Waals surface area contributed by atoms with Gasteiger partial charge < -0.3 is 10.1 Å². The maximum Gasteiger partial charge on any atom is 0.326 e. The highest BCUT2D eigenvalue weighted by molar-refractivity contribution is 6.08. The molecular formula is C19H25N3O6. The summed E-state index contributed by atoms with van der Waals surface area (Å²) in [6.45, 7) is 4.92. The first-order chi connectivity index (χ1) is 13.2. The van der Waals surface area contributed by atoms with Crippen molar-refractivity contribution in [3.63, 3.8) is 0 Å². The van der Waals surface area contributed by atoms with Gasteiger partial charge in [-0.05, 0) is 25.3 Å². The van der Waals surface area contributed by atoms with Crippen molar-refractivity contribution in [2.45, 2.75) is 58.1 Å². The van der Waals surface area contributed by atoms with Gasteiger partial charge in [0.25, 0.3) is 11.6 Å². The fraction of sp³-hybridized carbons (Fsp3) is 0.526. The molecule has 1 N–H and O–H groups in total. The molecule has 28 heavy (non-hydrogen) atoms. The van der Waals surface area contributed by atoms with E-state index in [1.54, 1.807) is 13.0 Å². The molecule has 3 amide bonds. The van der Waals surface area contributed by atoms with Crippen LogP contribution >= 0.6 is 0 Å². The minimum Gasteiger partial charge on any atom is -0.456 e. The lowest BCUT2D eigenvalue weighted by atomic mass is 9.88. The van der Waals surface area contributed by atoms with Gasteiger partial charge in [0, 0.05) is 12.1 Å². The summed E-state index contributed by atoms with van der Waals surface area (Å²) in [5.41, 5.74) is -0.628. The summed E-state index contributed by atoms with van der Waals surface area (Å²) in [4.78, 5) is 48.6. The van der Waals surface area contributed by atoms with Crippen LogP contribution in [-0.2, 0) is 14.3 Å². The van der Waals surface area contributed by atoms with E-state index in [2.05, 4.69) is 5.32 Å². The smallest absolute Gasteiger partial charge is 0.326 e. The van der Waals surface area contributed by atoms with Gasteiger partial charge in [0.2, 0.25) is 0 Å². The van der Waals surface area contributed by atoms with Gasteiger partial charge in [-0.1, -0.05) is 38.8 Å². The number of hydrogen-bond donors (Lipinski definition) is 1. The van der Waals surface area contributed by atoms with Crippen LogP contribution in [0.2, 0.25) is 0 Å². The van der Waals surface area contributed by atoms with Crippen molar-refractivity contribution >= 4 is 23.6 Å². The molecule has 1 atom stereocenters. The number of urea groups is 1. The number of esters is 1. The second kappa shape index (κ2) is 8.81. The summed E-state index contributed by atoms with van der Waals surface area (Å²) >= 11 is 0. The van der Waals surface area contributed by atoms with Crippen LogP contribution in [0.15, 0.2) is 24.3 Å². The topological polar surface area (TPSA) is 119 Å². The number of rotatable bonds is 9. The number of imide groups is 1. The van der Waals surface area contributed by atoms with Crippen molar-refractivity contribution < 1.29 is 24.0 Å². The van der Waals surface area contributed by atoms with Crippen LogP contribution in [0.1, 0.15) is 58.1 Å². The molecule has 152 valence electrons. The molecule has 0 saturated carbocycles. The SMILES string of the molecule is CCCC1(CCC)NC(=O)N(CC(=O)O[C@@H](C)c2cccc([N+](=O)[O-])c2)C1=O. The van der Waals surface area contributed by atoms with E-state index < -0.39 is 41.0 Å². The van der Waals surface area contributed by atoms with E-state index in [-0.39, 0.29) is 5.69 Å². The van der Waals surface area contributed by atoms with Gasteiger partial charge in [-0.3, -0.25) is 24.6 Å². The lowest BCUT2D eigenvalue weighted by molar-refractivity contribution is -0.385. The van der Waals surface area contributed by atoms with Gasteiger partial charge in [0.15, 0.2) is 0 Å². The molecule has 1 aliphatic rings. The van der Waals surface area contributed by atoms with Crippen molar-refractivity contribution in [3.8, 4) is 0 Å². The first kappa shape index (κ1) is 21.3. The third-order valence-electron chi connectivity index (χ3n) is 4.75. The highest BCUT2D eigenvalue weighted by atomic mass is 16.6. The van der Waals surface area contributed by atoms with Crippen LogP contribution in [0.4, 0.5) is 10.5 Å². The predicted octanol–water partition coefficient (Wildman–Crippen LogP) is 3.09. The maximum absolute atomic E-state index is 12.8. The molecule has 1 heterocycles. The first-order valence-corrected chi connectivity index (χ1v) is 9.32. The lowest BCUT2D eigenvalue weighted by Crippen LogP contribution is -2.47. The summed E-state index contributed by atoms with van der Waals surface area (Å²) in [5.74, 6) is -1.17. The fourth-order valence-corrected chi connectivity index (χ4v) is 3.46. The van der Waals surface area contributed by atoms with E-state index in [4.69, 9.17) is 4.74 Å². The Labute approximate surface area is 163 Å². The summed E-state index contributed by atoms with van der Waals surface area (Å²) in [5, 5.41) is 13.6. The molecule has 1 aliphatic heterocycles. The number of nitro benzene ring substituents is 1. The maximum atomic E-state index is 12.8. The van der Waals surface area contributed by atoms with Crippen LogP contribution in [-0.4, -0.2) is 39.8 Å². The second-order valence-electron chi connectivity index (χ2n) is 6.89. The van der Waals surface area contributed by atoms with Gasteiger partial charge in [-0.2, -0.15) is 0 Å². The Kier molecular flexibility index (Phi) is 6.71. The van der Waals surface area contributed by atoms with Gasteiger partial charge in [0.1, 0.15) is 18.2 Å². The number of non-ortho nitro benzene ring substituents is 1. The normalized spacial score (nSPS) is 16.6. The third-order valence-corrected chi connectivity index (χ3v) is 4.75. The van der Waals surface area contributed by atoms with Crippen LogP contribution in [0.5, 0.6) is 0 Å². The van der Waals surface area contributed by atoms with E-state index in [9.17, 15) is 24.5 Å². The molecule has 0 bridgehead atoms. The molecule has 0 aliphatic carbocycles. The largest absolute Gasteiger partial charge is 0.456 e. The van der Waals surface area contributed by atoms with Gasteiger partial charge in [0.05, 0.1) is 4.92 Å². The quantitative estimate of drug-likeness (QED) is 0.299. The monoisotopic (exact) mass is 391 g/mol. The van der Waals surface area contributed by atoms with Crippen LogP contribution < -0.4 is 5.32 Å². The average Bonchev–Trinajstić information content (AvgIpc) is 2.86. The number of ether oxygens (including phenoxy) is 1. The summed E-state index contributed by atoms with van der Waals surface area (Å²) in [6, 6.07) is 5.16. The standard InChI is InChI=1S/C19H25N3O6/c1-4-9-19(10-5-2)17(24)21(18(25)20-19)12-16(23)28-13(3)14-7-6-8-15(11-14)22(26)27/h6-8,11,13H,4-5,9-10,12H2,1-3H3,(H,20,25)/t13-/m0/s1. The second-order valence-corrected chi connectivity index (χ2v) is 6.89. The molecule has 0 spiro atoms. The van der Waals surface area contributed by atoms with E-state index in [1.807, 2.05) is 13.8 Å². The molecule has 1 fully saturated rings. The Morgan fingerprint density at radius 1 is 1.29 bits per heavy atom.